The molecule has 0 spiro atoms. The second-order valence-electron chi connectivity index (χ2n) is 7.83. The number of hydrogen-bond donors (Lipinski definition) is 1. The molecule has 3 nitrogen and oxygen atoms in total. The van der Waals surface area contributed by atoms with E-state index in [1.54, 1.807) is 6.07 Å². The molecule has 0 aliphatic heterocycles. The van der Waals surface area contributed by atoms with Crippen molar-refractivity contribution >= 4 is 17.5 Å². The highest BCUT2D eigenvalue weighted by molar-refractivity contribution is 6.29. The molecule has 118 valence electrons. The first kappa shape index (κ1) is 18.0. The highest BCUT2D eigenvalue weighted by atomic mass is 35.5. The van der Waals surface area contributed by atoms with Gasteiger partial charge in [0.2, 0.25) is 0 Å². The molecular formula is C17H27ClN2O. The second-order valence-corrected chi connectivity index (χ2v) is 8.22. The summed E-state index contributed by atoms with van der Waals surface area (Å²) < 4.78 is 0. The highest BCUT2D eigenvalue weighted by Crippen LogP contribution is 2.27. The molecule has 0 aliphatic rings. The molecule has 0 bridgehead atoms. The number of carbonyl (C=O) groups is 1. The van der Waals surface area contributed by atoms with Gasteiger partial charge in [-0.05, 0) is 43.7 Å². The Morgan fingerprint density at radius 2 is 1.81 bits per heavy atom. The summed E-state index contributed by atoms with van der Waals surface area (Å²) in [5.41, 5.74) is 1.28. The van der Waals surface area contributed by atoms with Gasteiger partial charge in [0, 0.05) is 16.8 Å². The Balaban J connectivity index is 2.94. The summed E-state index contributed by atoms with van der Waals surface area (Å²) >= 11 is 6.02. The standard InChI is InChI=1S/C17H27ClN2O/c1-11(2)13-8-12(9-14(18)19-13)15(21)20-17(6,7)10-16(3,4)5/h8-9,11H,10H2,1-7H3,(H,20,21). The van der Waals surface area contributed by atoms with Crippen LogP contribution < -0.4 is 5.32 Å². The molecule has 21 heavy (non-hydrogen) atoms. The van der Waals surface area contributed by atoms with E-state index < -0.39 is 0 Å². The van der Waals surface area contributed by atoms with Crippen molar-refractivity contribution in [2.45, 2.75) is 66.3 Å². The lowest BCUT2D eigenvalue weighted by molar-refractivity contribution is 0.0891. The number of pyridine rings is 1. The van der Waals surface area contributed by atoms with Gasteiger partial charge in [-0.1, -0.05) is 46.2 Å². The van der Waals surface area contributed by atoms with Gasteiger partial charge < -0.3 is 5.32 Å². The van der Waals surface area contributed by atoms with E-state index in [2.05, 4.69) is 31.1 Å². The molecule has 0 unspecified atom stereocenters. The van der Waals surface area contributed by atoms with Crippen molar-refractivity contribution in [1.82, 2.24) is 10.3 Å². The third-order valence-electron chi connectivity index (χ3n) is 3.09. The van der Waals surface area contributed by atoms with E-state index in [0.29, 0.717) is 10.7 Å². The number of nitrogens with zero attached hydrogens (tertiary/aromatic N) is 1. The molecule has 1 aromatic heterocycles. The molecule has 0 atom stereocenters. The zero-order valence-corrected chi connectivity index (χ0v) is 14.9. The van der Waals surface area contributed by atoms with Gasteiger partial charge in [0.25, 0.3) is 5.91 Å². The Labute approximate surface area is 133 Å². The summed E-state index contributed by atoms with van der Waals surface area (Å²) in [7, 11) is 0. The quantitative estimate of drug-likeness (QED) is 0.811. The van der Waals surface area contributed by atoms with Crippen LogP contribution in [0.25, 0.3) is 0 Å². The minimum atomic E-state index is -0.275. The first-order chi connectivity index (χ1) is 9.39. The van der Waals surface area contributed by atoms with E-state index >= 15 is 0 Å². The van der Waals surface area contributed by atoms with Crippen molar-refractivity contribution in [2.75, 3.05) is 0 Å². The zero-order valence-electron chi connectivity index (χ0n) is 14.2. The maximum atomic E-state index is 12.5. The molecule has 1 N–H and O–H groups in total. The molecule has 4 heteroatoms. The fraction of sp³-hybridized carbons (Fsp3) is 0.647. The maximum Gasteiger partial charge on any atom is 0.251 e. The van der Waals surface area contributed by atoms with Crippen LogP contribution in [0.1, 0.15) is 76.9 Å². The van der Waals surface area contributed by atoms with Crippen LogP contribution in [0.4, 0.5) is 0 Å². The third kappa shape index (κ3) is 6.04. The minimum absolute atomic E-state index is 0.101. The molecule has 0 aromatic carbocycles. The van der Waals surface area contributed by atoms with Crippen LogP contribution >= 0.6 is 11.6 Å². The van der Waals surface area contributed by atoms with Crippen LogP contribution in [0.5, 0.6) is 0 Å². The number of hydrogen-bond acceptors (Lipinski definition) is 2. The largest absolute Gasteiger partial charge is 0.347 e. The van der Waals surface area contributed by atoms with Gasteiger partial charge in [-0.15, -0.1) is 0 Å². The number of nitrogens with one attached hydrogen (secondary N) is 1. The molecule has 0 aliphatic carbocycles. The van der Waals surface area contributed by atoms with Crippen molar-refractivity contribution < 1.29 is 4.79 Å². The molecule has 1 rings (SSSR count). The first-order valence-electron chi connectivity index (χ1n) is 7.40. The van der Waals surface area contributed by atoms with E-state index in [-0.39, 0.29) is 22.8 Å². The van der Waals surface area contributed by atoms with Gasteiger partial charge >= 0.3 is 0 Å². The molecular weight excluding hydrogens is 284 g/mol. The van der Waals surface area contributed by atoms with E-state index in [1.807, 2.05) is 33.8 Å². The zero-order chi connectivity index (χ0) is 16.4. The van der Waals surface area contributed by atoms with E-state index in [0.717, 1.165) is 12.1 Å². The Bertz CT molecular complexity index is 516. The molecule has 1 amide bonds. The smallest absolute Gasteiger partial charge is 0.251 e. The van der Waals surface area contributed by atoms with Crippen molar-refractivity contribution in [3.63, 3.8) is 0 Å². The molecule has 0 fully saturated rings. The fourth-order valence-corrected chi connectivity index (χ4v) is 2.91. The van der Waals surface area contributed by atoms with Gasteiger partial charge in [-0.2, -0.15) is 0 Å². The molecule has 1 heterocycles. The fourth-order valence-electron chi connectivity index (χ4n) is 2.69. The lowest BCUT2D eigenvalue weighted by Gasteiger charge is -2.33. The highest BCUT2D eigenvalue weighted by Gasteiger charge is 2.27. The van der Waals surface area contributed by atoms with Crippen molar-refractivity contribution in [3.8, 4) is 0 Å². The Morgan fingerprint density at radius 1 is 1.24 bits per heavy atom. The average Bonchev–Trinajstić information content (AvgIpc) is 2.23. The molecule has 0 saturated carbocycles. The van der Waals surface area contributed by atoms with Crippen LogP contribution in [0, 0.1) is 5.41 Å². The number of rotatable bonds is 4. The normalized spacial score (nSPS) is 12.6. The van der Waals surface area contributed by atoms with Crippen LogP contribution in [0.3, 0.4) is 0 Å². The number of halogens is 1. The lowest BCUT2D eigenvalue weighted by atomic mass is 9.81. The summed E-state index contributed by atoms with van der Waals surface area (Å²) in [6.07, 6.45) is 0.890. The van der Waals surface area contributed by atoms with E-state index in [1.165, 1.54) is 0 Å². The Kier molecular flexibility index (Phi) is 5.43. The summed E-state index contributed by atoms with van der Waals surface area (Å²) in [6, 6.07) is 3.44. The lowest BCUT2D eigenvalue weighted by Crippen LogP contribution is -2.45. The Hall–Kier alpha value is -1.09. The van der Waals surface area contributed by atoms with Gasteiger partial charge in [-0.3, -0.25) is 4.79 Å². The van der Waals surface area contributed by atoms with Gasteiger partial charge in [0.15, 0.2) is 0 Å². The monoisotopic (exact) mass is 310 g/mol. The number of amides is 1. The third-order valence-corrected chi connectivity index (χ3v) is 3.29. The summed E-state index contributed by atoms with van der Waals surface area (Å²) in [5.74, 6) is 0.133. The predicted octanol–water partition coefficient (Wildman–Crippen LogP) is 4.80. The van der Waals surface area contributed by atoms with Crippen LogP contribution in [-0.4, -0.2) is 16.4 Å². The number of carbonyl (C=O) groups excluding carboxylic acids is 1. The SMILES string of the molecule is CC(C)c1cc(C(=O)NC(C)(C)CC(C)(C)C)cc(Cl)n1. The van der Waals surface area contributed by atoms with Gasteiger partial charge in [-0.25, -0.2) is 4.98 Å². The van der Waals surface area contributed by atoms with Gasteiger partial charge in [0.1, 0.15) is 5.15 Å². The molecule has 1 aromatic rings. The summed E-state index contributed by atoms with van der Waals surface area (Å²) in [6.45, 7) is 14.7. The van der Waals surface area contributed by atoms with Gasteiger partial charge in [0.05, 0.1) is 0 Å². The summed E-state index contributed by atoms with van der Waals surface area (Å²) in [4.78, 5) is 16.7. The Morgan fingerprint density at radius 3 is 2.29 bits per heavy atom. The van der Waals surface area contributed by atoms with E-state index in [9.17, 15) is 4.79 Å². The second kappa shape index (κ2) is 6.35. The predicted molar refractivity (Wildman–Crippen MR) is 89.0 cm³/mol. The minimum Gasteiger partial charge on any atom is -0.347 e. The van der Waals surface area contributed by atoms with Crippen LogP contribution in [-0.2, 0) is 0 Å². The number of aromatic nitrogens is 1. The molecule has 0 saturated heterocycles. The van der Waals surface area contributed by atoms with Crippen molar-refractivity contribution in [3.05, 3.63) is 28.5 Å². The van der Waals surface area contributed by atoms with Crippen molar-refractivity contribution in [2.24, 2.45) is 5.41 Å². The average molecular weight is 311 g/mol. The topological polar surface area (TPSA) is 42.0 Å². The van der Waals surface area contributed by atoms with Crippen LogP contribution in [0.2, 0.25) is 5.15 Å². The first-order valence-corrected chi connectivity index (χ1v) is 7.77. The summed E-state index contributed by atoms with van der Waals surface area (Å²) in [5, 5.41) is 3.46. The van der Waals surface area contributed by atoms with Crippen LogP contribution in [0.15, 0.2) is 12.1 Å². The van der Waals surface area contributed by atoms with E-state index in [4.69, 9.17) is 11.6 Å². The van der Waals surface area contributed by atoms with Crippen molar-refractivity contribution in [1.29, 1.82) is 0 Å². The maximum absolute atomic E-state index is 12.5. The molecule has 0 radical (unpaired) electrons.